The second-order valence-corrected chi connectivity index (χ2v) is 5.04. The van der Waals surface area contributed by atoms with E-state index in [1.807, 2.05) is 13.8 Å². The largest absolute Gasteiger partial charge is 0.464 e. The van der Waals surface area contributed by atoms with Crippen molar-refractivity contribution >= 4 is 17.8 Å². The Morgan fingerprint density at radius 1 is 1.29 bits per heavy atom. The van der Waals surface area contributed by atoms with Gasteiger partial charge in [0.2, 0.25) is 5.91 Å². The van der Waals surface area contributed by atoms with E-state index >= 15 is 0 Å². The first-order valence-electron chi connectivity index (χ1n) is 7.07. The molecule has 0 fully saturated rings. The van der Waals surface area contributed by atoms with Gasteiger partial charge in [0.1, 0.15) is 6.04 Å². The van der Waals surface area contributed by atoms with Crippen molar-refractivity contribution in [3.63, 3.8) is 0 Å². The Labute approximate surface area is 125 Å². The van der Waals surface area contributed by atoms with E-state index in [1.165, 1.54) is 0 Å². The number of carbonyl (C=O) groups excluding carboxylic acids is 2. The zero-order valence-electron chi connectivity index (χ0n) is 13.0. The minimum Gasteiger partial charge on any atom is -0.464 e. The predicted octanol–water partition coefficient (Wildman–Crippen LogP) is -0.929. The maximum absolute atomic E-state index is 12.0. The van der Waals surface area contributed by atoms with Gasteiger partial charge in [-0.3, -0.25) is 9.79 Å². The van der Waals surface area contributed by atoms with E-state index in [-0.39, 0.29) is 24.4 Å². The van der Waals surface area contributed by atoms with Crippen molar-refractivity contribution in [3.8, 4) is 0 Å². The zero-order chi connectivity index (χ0) is 16.4. The molecule has 0 unspecified atom stereocenters. The molecule has 8 heteroatoms. The Balaban J connectivity index is 4.35. The van der Waals surface area contributed by atoms with Gasteiger partial charge in [0, 0.05) is 6.54 Å². The van der Waals surface area contributed by atoms with Crippen LogP contribution < -0.4 is 22.5 Å². The monoisotopic (exact) mass is 301 g/mol. The highest BCUT2D eigenvalue weighted by molar-refractivity contribution is 5.87. The van der Waals surface area contributed by atoms with E-state index < -0.39 is 18.1 Å². The van der Waals surface area contributed by atoms with Crippen LogP contribution in [0, 0.1) is 5.92 Å². The van der Waals surface area contributed by atoms with Crippen LogP contribution in [0.25, 0.3) is 0 Å². The molecule has 0 aromatic heterocycles. The van der Waals surface area contributed by atoms with Crippen LogP contribution in [-0.4, -0.2) is 43.1 Å². The van der Waals surface area contributed by atoms with Gasteiger partial charge in [-0.25, -0.2) is 4.79 Å². The second-order valence-electron chi connectivity index (χ2n) is 5.04. The molecule has 0 rings (SSSR count). The first-order chi connectivity index (χ1) is 9.79. The summed E-state index contributed by atoms with van der Waals surface area (Å²) < 4.78 is 4.93. The Bertz CT molecular complexity index is 367. The maximum Gasteiger partial charge on any atom is 0.328 e. The molecule has 0 aliphatic carbocycles. The molecule has 122 valence electrons. The first kappa shape index (κ1) is 19.2. The number of hydrogen-bond donors (Lipinski definition) is 4. The van der Waals surface area contributed by atoms with Gasteiger partial charge < -0.3 is 27.3 Å². The third kappa shape index (κ3) is 8.13. The Morgan fingerprint density at radius 3 is 2.38 bits per heavy atom. The minimum atomic E-state index is -0.713. The molecule has 0 saturated heterocycles. The van der Waals surface area contributed by atoms with Crippen LogP contribution in [0.4, 0.5) is 0 Å². The van der Waals surface area contributed by atoms with Crippen LogP contribution in [0.3, 0.4) is 0 Å². The topological polar surface area (TPSA) is 146 Å². The fourth-order valence-electron chi connectivity index (χ4n) is 1.64. The third-order valence-corrected chi connectivity index (χ3v) is 2.81. The Hall–Kier alpha value is -1.83. The molecule has 0 spiro atoms. The third-order valence-electron chi connectivity index (χ3n) is 2.81. The molecule has 0 aromatic rings. The van der Waals surface area contributed by atoms with Gasteiger partial charge in [0.05, 0.1) is 12.6 Å². The molecule has 21 heavy (non-hydrogen) atoms. The van der Waals surface area contributed by atoms with Gasteiger partial charge in [-0.2, -0.15) is 0 Å². The second kappa shape index (κ2) is 9.98. The van der Waals surface area contributed by atoms with Crippen LogP contribution in [0.2, 0.25) is 0 Å². The molecule has 0 aliphatic rings. The highest BCUT2D eigenvalue weighted by Gasteiger charge is 2.27. The first-order valence-corrected chi connectivity index (χ1v) is 7.07. The number of carbonyl (C=O) groups is 2. The predicted molar refractivity (Wildman–Crippen MR) is 81.3 cm³/mol. The molecule has 0 bridgehead atoms. The molecule has 2 atom stereocenters. The molecular formula is C13H27N5O3. The van der Waals surface area contributed by atoms with Crippen LogP contribution in [-0.2, 0) is 14.3 Å². The average Bonchev–Trinajstić information content (AvgIpc) is 2.39. The number of nitrogens with zero attached hydrogens (tertiary/aromatic N) is 1. The van der Waals surface area contributed by atoms with Gasteiger partial charge in [-0.05, 0) is 25.7 Å². The van der Waals surface area contributed by atoms with Crippen molar-refractivity contribution in [1.82, 2.24) is 5.32 Å². The van der Waals surface area contributed by atoms with Gasteiger partial charge in [-0.1, -0.05) is 13.8 Å². The normalized spacial score (nSPS) is 13.4. The number of amides is 1. The minimum absolute atomic E-state index is 0.00945. The standard InChI is InChI=1S/C13H27N5O3/c1-4-21-12(20)10(8(2)3)18-11(19)9(14)6-5-7-17-13(15)16/h8-10H,4-7,14H2,1-3H3,(H,18,19)(H4,15,16,17)/t9-,10-/m0/s1. The molecule has 0 saturated carbocycles. The SMILES string of the molecule is CCOC(=O)[C@@H](NC(=O)[C@@H](N)CCCN=C(N)N)C(C)C. The molecule has 0 aliphatic heterocycles. The quantitative estimate of drug-likeness (QED) is 0.187. The van der Waals surface area contributed by atoms with E-state index in [0.29, 0.717) is 19.4 Å². The molecule has 7 N–H and O–H groups in total. The summed E-state index contributed by atoms with van der Waals surface area (Å²) in [4.78, 5) is 27.5. The van der Waals surface area contributed by atoms with Gasteiger partial charge in [-0.15, -0.1) is 0 Å². The number of esters is 1. The van der Waals surface area contributed by atoms with Gasteiger partial charge >= 0.3 is 5.97 Å². The van der Waals surface area contributed by atoms with Crippen LogP contribution in [0.15, 0.2) is 4.99 Å². The Morgan fingerprint density at radius 2 is 1.90 bits per heavy atom. The van der Waals surface area contributed by atoms with Crippen molar-refractivity contribution in [1.29, 1.82) is 0 Å². The highest BCUT2D eigenvalue weighted by atomic mass is 16.5. The fraction of sp³-hybridized carbons (Fsp3) is 0.769. The molecule has 1 amide bonds. The maximum atomic E-state index is 12.0. The lowest BCUT2D eigenvalue weighted by Gasteiger charge is -2.22. The lowest BCUT2D eigenvalue weighted by molar-refractivity contribution is -0.148. The number of rotatable bonds is 9. The number of nitrogens with two attached hydrogens (primary N) is 3. The molecular weight excluding hydrogens is 274 g/mol. The lowest BCUT2D eigenvalue weighted by Crippen LogP contribution is -2.51. The zero-order valence-corrected chi connectivity index (χ0v) is 13.0. The van der Waals surface area contributed by atoms with Crippen molar-refractivity contribution in [2.24, 2.45) is 28.1 Å². The van der Waals surface area contributed by atoms with Gasteiger partial charge in [0.15, 0.2) is 5.96 Å². The number of ether oxygens (including phenoxy) is 1. The lowest BCUT2D eigenvalue weighted by atomic mass is 10.0. The van der Waals surface area contributed by atoms with Crippen LogP contribution in [0.5, 0.6) is 0 Å². The Kier molecular flexibility index (Phi) is 9.11. The van der Waals surface area contributed by atoms with E-state index in [0.717, 1.165) is 0 Å². The average molecular weight is 301 g/mol. The summed E-state index contributed by atoms with van der Waals surface area (Å²) in [5, 5.41) is 2.63. The number of guanidine groups is 1. The summed E-state index contributed by atoms with van der Waals surface area (Å²) in [6.07, 6.45) is 1.01. The molecule has 8 nitrogen and oxygen atoms in total. The van der Waals surface area contributed by atoms with E-state index in [2.05, 4.69) is 10.3 Å². The summed E-state index contributed by atoms with van der Waals surface area (Å²) in [7, 11) is 0. The molecule has 0 radical (unpaired) electrons. The van der Waals surface area contributed by atoms with E-state index in [1.54, 1.807) is 6.92 Å². The smallest absolute Gasteiger partial charge is 0.328 e. The number of hydrogen-bond acceptors (Lipinski definition) is 5. The fourth-order valence-corrected chi connectivity index (χ4v) is 1.64. The highest BCUT2D eigenvalue weighted by Crippen LogP contribution is 2.05. The van der Waals surface area contributed by atoms with E-state index in [4.69, 9.17) is 21.9 Å². The number of nitrogens with one attached hydrogen (secondary N) is 1. The number of aliphatic imine (C=N–C) groups is 1. The summed E-state index contributed by atoms with van der Waals surface area (Å²) in [6.45, 7) is 6.04. The van der Waals surface area contributed by atoms with Crippen LogP contribution >= 0.6 is 0 Å². The van der Waals surface area contributed by atoms with E-state index in [9.17, 15) is 9.59 Å². The van der Waals surface area contributed by atoms with Crippen molar-refractivity contribution in [3.05, 3.63) is 0 Å². The molecule has 0 heterocycles. The molecule has 0 aromatic carbocycles. The van der Waals surface area contributed by atoms with Crippen molar-refractivity contribution in [2.45, 2.75) is 45.7 Å². The van der Waals surface area contributed by atoms with Crippen LogP contribution in [0.1, 0.15) is 33.6 Å². The summed E-state index contributed by atoms with van der Waals surface area (Å²) in [6, 6.07) is -1.41. The van der Waals surface area contributed by atoms with Gasteiger partial charge in [0.25, 0.3) is 0 Å². The van der Waals surface area contributed by atoms with Crippen molar-refractivity contribution < 1.29 is 14.3 Å². The summed E-state index contributed by atoms with van der Waals surface area (Å²) >= 11 is 0. The van der Waals surface area contributed by atoms with Crippen molar-refractivity contribution in [2.75, 3.05) is 13.2 Å². The summed E-state index contributed by atoms with van der Waals surface area (Å²) in [5.74, 6) is -0.906. The summed E-state index contributed by atoms with van der Waals surface area (Å²) in [5.41, 5.74) is 16.2.